The first-order valence-electron chi connectivity index (χ1n) is 9.87. The van der Waals surface area contributed by atoms with E-state index in [-0.39, 0.29) is 17.7 Å². The summed E-state index contributed by atoms with van der Waals surface area (Å²) in [5.41, 5.74) is 1.82. The fourth-order valence-corrected chi connectivity index (χ4v) is 4.49. The lowest BCUT2D eigenvalue weighted by molar-refractivity contribution is 0.191. The molecule has 148 valence electrons. The molecule has 1 aliphatic carbocycles. The van der Waals surface area contributed by atoms with Crippen molar-refractivity contribution in [2.75, 3.05) is 31.5 Å². The van der Waals surface area contributed by atoms with Gasteiger partial charge < -0.3 is 15.5 Å². The highest BCUT2D eigenvalue weighted by atomic mass is 19.1. The molecule has 2 aromatic rings. The Bertz CT molecular complexity index is 810. The van der Waals surface area contributed by atoms with Gasteiger partial charge in [0.2, 0.25) is 0 Å². The SMILES string of the molecule is O=C(NCCCN1C[C@H]2C[C@@H](c3ccc(F)cc3)[C@H]2C1)Nc1ccc(F)cc1. The minimum absolute atomic E-state index is 0.177. The minimum atomic E-state index is -0.327. The van der Waals surface area contributed by atoms with Gasteiger partial charge in [0, 0.05) is 25.3 Å². The Labute approximate surface area is 163 Å². The van der Waals surface area contributed by atoms with Gasteiger partial charge in [0.05, 0.1) is 0 Å². The van der Waals surface area contributed by atoms with Crippen molar-refractivity contribution in [2.24, 2.45) is 11.8 Å². The number of amides is 2. The topological polar surface area (TPSA) is 44.4 Å². The third kappa shape index (κ3) is 4.33. The Morgan fingerprint density at radius 2 is 1.68 bits per heavy atom. The number of benzene rings is 2. The van der Waals surface area contributed by atoms with Crippen molar-refractivity contribution in [3.8, 4) is 0 Å². The van der Waals surface area contributed by atoms with Gasteiger partial charge in [-0.2, -0.15) is 0 Å². The molecule has 0 bridgehead atoms. The van der Waals surface area contributed by atoms with E-state index in [4.69, 9.17) is 0 Å². The number of anilines is 1. The smallest absolute Gasteiger partial charge is 0.319 e. The summed E-state index contributed by atoms with van der Waals surface area (Å²) in [7, 11) is 0. The Morgan fingerprint density at radius 3 is 2.39 bits per heavy atom. The number of carbonyl (C=O) groups excluding carboxylic acids is 1. The molecule has 2 aromatic carbocycles. The molecular formula is C22H25F2N3O. The molecule has 2 aliphatic rings. The van der Waals surface area contributed by atoms with Crippen molar-refractivity contribution in [1.82, 2.24) is 10.2 Å². The second-order valence-corrected chi connectivity index (χ2v) is 7.82. The molecule has 0 aromatic heterocycles. The molecule has 28 heavy (non-hydrogen) atoms. The molecule has 1 aliphatic heterocycles. The van der Waals surface area contributed by atoms with E-state index in [1.807, 2.05) is 12.1 Å². The van der Waals surface area contributed by atoms with Crippen LogP contribution in [-0.4, -0.2) is 37.1 Å². The lowest BCUT2D eigenvalue weighted by Gasteiger charge is -2.40. The molecule has 1 saturated heterocycles. The second-order valence-electron chi connectivity index (χ2n) is 7.82. The van der Waals surface area contributed by atoms with E-state index < -0.39 is 0 Å². The van der Waals surface area contributed by atoms with Crippen molar-refractivity contribution in [1.29, 1.82) is 0 Å². The van der Waals surface area contributed by atoms with Gasteiger partial charge >= 0.3 is 6.03 Å². The second kappa shape index (κ2) is 8.27. The van der Waals surface area contributed by atoms with Crippen molar-refractivity contribution in [3.63, 3.8) is 0 Å². The fraction of sp³-hybridized carbons (Fsp3) is 0.409. The first-order chi connectivity index (χ1) is 13.6. The number of carbonyl (C=O) groups is 1. The van der Waals surface area contributed by atoms with Gasteiger partial charge in [0.1, 0.15) is 11.6 Å². The average Bonchev–Trinajstić information content (AvgIpc) is 2.99. The van der Waals surface area contributed by atoms with E-state index in [9.17, 15) is 13.6 Å². The van der Waals surface area contributed by atoms with Crippen LogP contribution in [0.2, 0.25) is 0 Å². The van der Waals surface area contributed by atoms with Gasteiger partial charge in [0.15, 0.2) is 0 Å². The largest absolute Gasteiger partial charge is 0.338 e. The van der Waals surface area contributed by atoms with Crippen molar-refractivity contribution in [2.45, 2.75) is 18.8 Å². The third-order valence-corrected chi connectivity index (χ3v) is 5.98. The summed E-state index contributed by atoms with van der Waals surface area (Å²) in [6, 6.07) is 12.4. The van der Waals surface area contributed by atoms with Crippen molar-refractivity contribution in [3.05, 3.63) is 65.7 Å². The summed E-state index contributed by atoms with van der Waals surface area (Å²) in [4.78, 5) is 14.3. The number of fused-ring (bicyclic) bond motifs is 1. The molecule has 4 rings (SSSR count). The summed E-state index contributed by atoms with van der Waals surface area (Å²) in [6.45, 7) is 3.75. The highest BCUT2D eigenvalue weighted by molar-refractivity contribution is 5.89. The number of hydrogen-bond acceptors (Lipinski definition) is 2. The van der Waals surface area contributed by atoms with Crippen molar-refractivity contribution < 1.29 is 13.6 Å². The van der Waals surface area contributed by atoms with Crippen LogP contribution in [0.15, 0.2) is 48.5 Å². The Balaban J connectivity index is 1.15. The van der Waals surface area contributed by atoms with Crippen LogP contribution in [0.5, 0.6) is 0 Å². The molecule has 0 spiro atoms. The number of nitrogens with zero attached hydrogens (tertiary/aromatic N) is 1. The van der Waals surface area contributed by atoms with Gasteiger partial charge in [-0.05, 0) is 79.1 Å². The van der Waals surface area contributed by atoms with Crippen LogP contribution >= 0.6 is 0 Å². The zero-order chi connectivity index (χ0) is 19.5. The summed E-state index contributed by atoms with van der Waals surface area (Å²) < 4.78 is 26.0. The Kier molecular flexibility index (Phi) is 5.57. The first-order valence-corrected chi connectivity index (χ1v) is 9.87. The van der Waals surface area contributed by atoms with Crippen molar-refractivity contribution >= 4 is 11.7 Å². The number of rotatable bonds is 6. The lowest BCUT2D eigenvalue weighted by Crippen LogP contribution is -2.33. The zero-order valence-electron chi connectivity index (χ0n) is 15.7. The molecule has 2 N–H and O–H groups in total. The third-order valence-electron chi connectivity index (χ3n) is 5.98. The molecule has 1 heterocycles. The highest BCUT2D eigenvalue weighted by Crippen LogP contribution is 2.51. The van der Waals surface area contributed by atoms with E-state index in [0.29, 0.717) is 24.1 Å². The minimum Gasteiger partial charge on any atom is -0.338 e. The number of halogens is 2. The molecule has 3 atom stereocenters. The van der Waals surface area contributed by atoms with E-state index in [0.717, 1.165) is 32.0 Å². The van der Waals surface area contributed by atoms with E-state index in [1.54, 1.807) is 12.1 Å². The molecule has 0 unspecified atom stereocenters. The number of urea groups is 1. The van der Waals surface area contributed by atoms with E-state index >= 15 is 0 Å². The molecule has 1 saturated carbocycles. The first kappa shape index (κ1) is 18.9. The number of likely N-dealkylation sites (tertiary alicyclic amines) is 1. The highest BCUT2D eigenvalue weighted by Gasteiger charge is 2.47. The van der Waals surface area contributed by atoms with Crippen LogP contribution in [-0.2, 0) is 0 Å². The predicted octanol–water partition coefficient (Wildman–Crippen LogP) is 4.21. The van der Waals surface area contributed by atoms with E-state index in [1.165, 1.54) is 36.2 Å². The maximum atomic E-state index is 13.1. The fourth-order valence-electron chi connectivity index (χ4n) is 4.49. The molecular weight excluding hydrogens is 360 g/mol. The summed E-state index contributed by atoms with van der Waals surface area (Å²) in [5, 5.41) is 5.53. The summed E-state index contributed by atoms with van der Waals surface area (Å²) in [6.07, 6.45) is 2.07. The van der Waals surface area contributed by atoms with Gasteiger partial charge in [0.25, 0.3) is 0 Å². The van der Waals surface area contributed by atoms with E-state index in [2.05, 4.69) is 15.5 Å². The van der Waals surface area contributed by atoms with Crippen LogP contribution in [0.3, 0.4) is 0 Å². The van der Waals surface area contributed by atoms with Crippen LogP contribution in [0.4, 0.5) is 19.3 Å². The number of hydrogen-bond donors (Lipinski definition) is 2. The molecule has 2 fully saturated rings. The van der Waals surface area contributed by atoms with Gasteiger partial charge in [-0.3, -0.25) is 0 Å². The number of nitrogens with one attached hydrogen (secondary N) is 2. The van der Waals surface area contributed by atoms with Crippen LogP contribution in [0, 0.1) is 23.5 Å². The van der Waals surface area contributed by atoms with Gasteiger partial charge in [-0.15, -0.1) is 0 Å². The lowest BCUT2D eigenvalue weighted by atomic mass is 9.64. The molecule has 4 nitrogen and oxygen atoms in total. The standard InChI is InChI=1S/C22H25F2N3O/c23-17-4-2-15(3-5-17)20-12-16-13-27(14-21(16)20)11-1-10-25-22(28)26-19-8-6-18(24)7-9-19/h2-9,16,20-21H,1,10-14H2,(H2,25,26,28)/t16-,20+,21+/m1/s1. The Morgan fingerprint density at radius 1 is 1.00 bits per heavy atom. The molecule has 6 heteroatoms. The van der Waals surface area contributed by atoms with Crippen LogP contribution in [0.1, 0.15) is 24.3 Å². The zero-order valence-corrected chi connectivity index (χ0v) is 15.7. The molecule has 2 amide bonds. The van der Waals surface area contributed by atoms with Gasteiger partial charge in [-0.25, -0.2) is 13.6 Å². The summed E-state index contributed by atoms with van der Waals surface area (Å²) in [5.74, 6) is 1.45. The quantitative estimate of drug-likeness (QED) is 0.732. The van der Waals surface area contributed by atoms with Crippen LogP contribution < -0.4 is 10.6 Å². The van der Waals surface area contributed by atoms with Gasteiger partial charge in [-0.1, -0.05) is 12.1 Å². The Hall–Kier alpha value is -2.47. The predicted molar refractivity (Wildman–Crippen MR) is 105 cm³/mol. The maximum absolute atomic E-state index is 13.1. The monoisotopic (exact) mass is 385 g/mol. The maximum Gasteiger partial charge on any atom is 0.319 e. The average molecular weight is 385 g/mol. The van der Waals surface area contributed by atoms with Crippen LogP contribution in [0.25, 0.3) is 0 Å². The normalized spacial score (nSPS) is 23.7. The molecule has 0 radical (unpaired) electrons. The summed E-state index contributed by atoms with van der Waals surface area (Å²) >= 11 is 0.